The predicted octanol–water partition coefficient (Wildman–Crippen LogP) is 5.23. The largest absolute Gasteiger partial charge is 0.368 e. The molecule has 1 saturated carbocycles. The van der Waals surface area contributed by atoms with E-state index in [4.69, 9.17) is 21.6 Å². The molecule has 0 radical (unpaired) electrons. The van der Waals surface area contributed by atoms with Crippen molar-refractivity contribution < 1.29 is 4.74 Å². The summed E-state index contributed by atoms with van der Waals surface area (Å²) in [5.74, 6) is 0.756. The standard InChI is InChI=1S/C14H16BrN3O.C6H2BrClN2/c1-14(19-10-3-2-4-10)8-18(9-14)13-11(7-16)12(15)5-6-17-13;7-5-1-4(2-9)6(8)10-3-5/h5-6,10H,2-4,8-9H2,1H3;1,3H. The first-order valence-corrected chi connectivity index (χ1v) is 11.0. The SMILES string of the molecule is CC1(OC2CCC2)CN(c2nccc(Br)c2C#N)C1.N#Cc1cc(Br)cnc1Cl. The number of hydrogen-bond acceptors (Lipinski definition) is 6. The Balaban J connectivity index is 0.000000204. The molecule has 4 rings (SSSR count). The summed E-state index contributed by atoms with van der Waals surface area (Å²) in [7, 11) is 0. The van der Waals surface area contributed by atoms with Gasteiger partial charge in [0, 0.05) is 21.3 Å². The molecule has 0 spiro atoms. The van der Waals surface area contributed by atoms with Crippen LogP contribution >= 0.6 is 43.5 Å². The maximum absolute atomic E-state index is 9.21. The lowest BCUT2D eigenvalue weighted by Crippen LogP contribution is -2.63. The van der Waals surface area contributed by atoms with Gasteiger partial charge in [-0.1, -0.05) is 11.6 Å². The summed E-state index contributed by atoms with van der Waals surface area (Å²) >= 11 is 12.1. The van der Waals surface area contributed by atoms with Crippen LogP contribution in [0.3, 0.4) is 0 Å². The van der Waals surface area contributed by atoms with E-state index in [1.54, 1.807) is 24.5 Å². The van der Waals surface area contributed by atoms with E-state index in [0.717, 1.165) is 27.9 Å². The molecule has 1 aliphatic heterocycles. The van der Waals surface area contributed by atoms with Crippen LogP contribution in [0.5, 0.6) is 0 Å². The quantitative estimate of drug-likeness (QED) is 0.497. The smallest absolute Gasteiger partial charge is 0.147 e. The lowest BCUT2D eigenvalue weighted by Gasteiger charge is -2.51. The first kappa shape index (κ1) is 22.0. The van der Waals surface area contributed by atoms with Crippen molar-refractivity contribution in [1.29, 1.82) is 10.5 Å². The minimum Gasteiger partial charge on any atom is -0.368 e. The Kier molecular flexibility index (Phi) is 7.13. The zero-order chi connectivity index (χ0) is 21.0. The molecule has 0 unspecified atom stereocenters. The monoisotopic (exact) mass is 537 g/mol. The van der Waals surface area contributed by atoms with E-state index >= 15 is 0 Å². The van der Waals surface area contributed by atoms with Crippen LogP contribution in [-0.2, 0) is 4.74 Å². The number of nitriles is 2. The Bertz CT molecular complexity index is 978. The molecule has 2 aromatic heterocycles. The molecule has 150 valence electrons. The number of hydrogen-bond donors (Lipinski definition) is 0. The number of pyridine rings is 2. The number of anilines is 1. The summed E-state index contributed by atoms with van der Waals surface area (Å²) in [5, 5.41) is 17.9. The van der Waals surface area contributed by atoms with Crippen LogP contribution < -0.4 is 4.90 Å². The van der Waals surface area contributed by atoms with Crippen molar-refractivity contribution in [3.63, 3.8) is 0 Å². The van der Waals surface area contributed by atoms with Gasteiger partial charge in [0.15, 0.2) is 0 Å². The van der Waals surface area contributed by atoms with Crippen LogP contribution in [0.2, 0.25) is 5.15 Å². The van der Waals surface area contributed by atoms with E-state index < -0.39 is 0 Å². The Morgan fingerprint density at radius 1 is 1.24 bits per heavy atom. The average molecular weight is 540 g/mol. The number of nitrogens with zero attached hydrogens (tertiary/aromatic N) is 5. The molecule has 1 saturated heterocycles. The highest BCUT2D eigenvalue weighted by Gasteiger charge is 2.43. The van der Waals surface area contributed by atoms with E-state index in [0.29, 0.717) is 17.2 Å². The Labute approximate surface area is 191 Å². The van der Waals surface area contributed by atoms with Crippen LogP contribution in [0.1, 0.15) is 37.3 Å². The highest BCUT2D eigenvalue weighted by molar-refractivity contribution is 9.10. The second-order valence-electron chi connectivity index (χ2n) is 7.18. The van der Waals surface area contributed by atoms with Crippen LogP contribution in [0.15, 0.2) is 33.5 Å². The van der Waals surface area contributed by atoms with Gasteiger partial charge in [0.1, 0.15) is 34.3 Å². The van der Waals surface area contributed by atoms with Crippen molar-refractivity contribution in [1.82, 2.24) is 9.97 Å². The third-order valence-corrected chi connectivity index (χ3v) is 6.17. The van der Waals surface area contributed by atoms with E-state index in [2.05, 4.69) is 59.7 Å². The van der Waals surface area contributed by atoms with E-state index in [1.165, 1.54) is 19.3 Å². The van der Waals surface area contributed by atoms with Gasteiger partial charge in [-0.25, -0.2) is 9.97 Å². The lowest BCUT2D eigenvalue weighted by molar-refractivity contribution is -0.124. The van der Waals surface area contributed by atoms with Gasteiger partial charge in [-0.3, -0.25) is 0 Å². The summed E-state index contributed by atoms with van der Waals surface area (Å²) < 4.78 is 7.66. The van der Waals surface area contributed by atoms with Crippen LogP contribution in [0.25, 0.3) is 0 Å². The van der Waals surface area contributed by atoms with Crippen LogP contribution in [-0.4, -0.2) is 34.8 Å². The van der Waals surface area contributed by atoms with Crippen molar-refractivity contribution in [3.05, 3.63) is 49.8 Å². The lowest BCUT2D eigenvalue weighted by atomic mass is 9.91. The number of ether oxygens (including phenoxy) is 1. The van der Waals surface area contributed by atoms with E-state index in [-0.39, 0.29) is 10.8 Å². The molecule has 0 aromatic carbocycles. The van der Waals surface area contributed by atoms with Gasteiger partial charge in [-0.2, -0.15) is 10.5 Å². The highest BCUT2D eigenvalue weighted by Crippen LogP contribution is 2.36. The van der Waals surface area contributed by atoms with Crippen molar-refractivity contribution in [2.75, 3.05) is 18.0 Å². The van der Waals surface area contributed by atoms with Crippen LogP contribution in [0.4, 0.5) is 5.82 Å². The number of rotatable bonds is 3. The first-order valence-electron chi connectivity index (χ1n) is 9.04. The Morgan fingerprint density at radius 3 is 2.52 bits per heavy atom. The Morgan fingerprint density at radius 2 is 1.97 bits per heavy atom. The third-order valence-electron chi connectivity index (χ3n) is 4.77. The molecule has 1 aliphatic carbocycles. The summed E-state index contributed by atoms with van der Waals surface area (Å²) in [4.78, 5) is 10.2. The van der Waals surface area contributed by atoms with Gasteiger partial charge < -0.3 is 9.64 Å². The Hall–Kier alpha value is -1.71. The zero-order valence-electron chi connectivity index (χ0n) is 15.7. The number of aromatic nitrogens is 2. The molecular formula is C20H18Br2ClN5O. The summed E-state index contributed by atoms with van der Waals surface area (Å²) in [6, 6.07) is 7.54. The maximum atomic E-state index is 9.21. The van der Waals surface area contributed by atoms with Gasteiger partial charge in [0.05, 0.1) is 24.8 Å². The second-order valence-corrected chi connectivity index (χ2v) is 9.31. The fourth-order valence-corrected chi connectivity index (χ4v) is 4.01. The zero-order valence-corrected chi connectivity index (χ0v) is 19.6. The van der Waals surface area contributed by atoms with Crippen molar-refractivity contribution >= 4 is 49.3 Å². The van der Waals surface area contributed by atoms with Gasteiger partial charge in [0.25, 0.3) is 0 Å². The van der Waals surface area contributed by atoms with Crippen molar-refractivity contribution in [3.8, 4) is 12.1 Å². The third kappa shape index (κ3) is 5.26. The number of halogens is 3. The molecule has 0 bridgehead atoms. The van der Waals surface area contributed by atoms with E-state index in [1.807, 2.05) is 6.07 Å². The summed E-state index contributed by atoms with van der Waals surface area (Å²) in [5.41, 5.74) is 0.908. The molecule has 9 heteroatoms. The fraction of sp³-hybridized carbons (Fsp3) is 0.400. The van der Waals surface area contributed by atoms with Crippen molar-refractivity contribution in [2.45, 2.75) is 37.9 Å². The highest BCUT2D eigenvalue weighted by atomic mass is 79.9. The molecule has 6 nitrogen and oxygen atoms in total. The van der Waals surface area contributed by atoms with Gasteiger partial charge in [0.2, 0.25) is 0 Å². The normalized spacial score (nSPS) is 17.1. The average Bonchev–Trinajstić information content (AvgIpc) is 2.65. The molecule has 0 atom stereocenters. The topological polar surface area (TPSA) is 85.8 Å². The first-order chi connectivity index (χ1) is 13.8. The van der Waals surface area contributed by atoms with Gasteiger partial charge in [-0.15, -0.1) is 0 Å². The molecule has 0 amide bonds. The summed E-state index contributed by atoms with van der Waals surface area (Å²) in [6.45, 7) is 3.76. The molecule has 29 heavy (non-hydrogen) atoms. The van der Waals surface area contributed by atoms with Gasteiger partial charge >= 0.3 is 0 Å². The van der Waals surface area contributed by atoms with Crippen molar-refractivity contribution in [2.24, 2.45) is 0 Å². The molecule has 0 N–H and O–H groups in total. The second kappa shape index (κ2) is 9.40. The molecule has 3 heterocycles. The maximum Gasteiger partial charge on any atom is 0.147 e. The van der Waals surface area contributed by atoms with Crippen LogP contribution in [0, 0.1) is 22.7 Å². The molecular weight excluding hydrogens is 522 g/mol. The predicted molar refractivity (Wildman–Crippen MR) is 118 cm³/mol. The van der Waals surface area contributed by atoms with Gasteiger partial charge in [-0.05, 0) is 70.2 Å². The minimum absolute atomic E-state index is 0.0815. The molecule has 2 aromatic rings. The minimum atomic E-state index is -0.0815. The molecule has 2 fully saturated rings. The fourth-order valence-electron chi connectivity index (χ4n) is 3.15. The molecule has 2 aliphatic rings. The summed E-state index contributed by atoms with van der Waals surface area (Å²) in [6.07, 6.45) is 7.38. The van der Waals surface area contributed by atoms with E-state index in [9.17, 15) is 5.26 Å².